The number of benzene rings is 2. The summed E-state index contributed by atoms with van der Waals surface area (Å²) in [6.45, 7) is 2.20. The molecule has 6 nitrogen and oxygen atoms in total. The highest BCUT2D eigenvalue weighted by Crippen LogP contribution is 2.23. The second-order valence-electron chi connectivity index (χ2n) is 6.95. The number of piperidine rings is 1. The van der Waals surface area contributed by atoms with Crippen LogP contribution in [0.4, 0.5) is 27.4 Å². The zero-order valence-corrected chi connectivity index (χ0v) is 15.9. The van der Waals surface area contributed by atoms with Crippen LogP contribution in [-0.2, 0) is 0 Å². The number of nitrogens with one attached hydrogen (secondary N) is 2. The van der Waals surface area contributed by atoms with E-state index < -0.39 is 0 Å². The van der Waals surface area contributed by atoms with Crippen LogP contribution in [0.1, 0.15) is 29.8 Å². The van der Waals surface area contributed by atoms with E-state index in [9.17, 15) is 9.18 Å². The van der Waals surface area contributed by atoms with Gasteiger partial charge in [-0.1, -0.05) is 0 Å². The fourth-order valence-corrected chi connectivity index (χ4v) is 3.31. The average Bonchev–Trinajstić information content (AvgIpc) is 2.77. The molecule has 4 rings (SSSR count). The van der Waals surface area contributed by atoms with Crippen molar-refractivity contribution in [2.24, 2.45) is 0 Å². The van der Waals surface area contributed by atoms with Crippen LogP contribution in [0.3, 0.4) is 0 Å². The highest BCUT2D eigenvalue weighted by molar-refractivity contribution is 6.02. The molecule has 2 heterocycles. The maximum Gasteiger partial charge on any atom is 0.274 e. The summed E-state index contributed by atoms with van der Waals surface area (Å²) >= 11 is 0. The van der Waals surface area contributed by atoms with Gasteiger partial charge in [-0.25, -0.2) is 14.4 Å². The van der Waals surface area contributed by atoms with Gasteiger partial charge in [0.25, 0.3) is 5.91 Å². The molecule has 0 saturated carbocycles. The summed E-state index contributed by atoms with van der Waals surface area (Å²) in [6.07, 6.45) is 5.30. The Morgan fingerprint density at radius 2 is 1.59 bits per heavy atom. The Bertz CT molecular complexity index is 969. The first-order chi connectivity index (χ1) is 14.2. The highest BCUT2D eigenvalue weighted by Gasteiger charge is 2.12. The quantitative estimate of drug-likeness (QED) is 0.665. The minimum absolute atomic E-state index is 0.219. The van der Waals surface area contributed by atoms with Gasteiger partial charge < -0.3 is 15.5 Å². The van der Waals surface area contributed by atoms with Gasteiger partial charge in [-0.3, -0.25) is 4.79 Å². The summed E-state index contributed by atoms with van der Waals surface area (Å²) in [7, 11) is 0. The van der Waals surface area contributed by atoms with Gasteiger partial charge >= 0.3 is 0 Å². The molecule has 0 bridgehead atoms. The molecule has 29 heavy (non-hydrogen) atoms. The zero-order valence-electron chi connectivity index (χ0n) is 15.9. The van der Waals surface area contributed by atoms with E-state index in [1.807, 2.05) is 12.1 Å². The minimum atomic E-state index is -0.387. The molecule has 2 aromatic carbocycles. The van der Waals surface area contributed by atoms with Crippen molar-refractivity contribution in [2.45, 2.75) is 19.3 Å². The number of hydrogen-bond acceptors (Lipinski definition) is 5. The molecule has 0 spiro atoms. The molecule has 148 valence electrons. The van der Waals surface area contributed by atoms with Crippen molar-refractivity contribution in [2.75, 3.05) is 28.6 Å². The van der Waals surface area contributed by atoms with Crippen molar-refractivity contribution >= 4 is 28.9 Å². The fraction of sp³-hybridized carbons (Fsp3) is 0.227. The molecule has 2 N–H and O–H groups in total. The lowest BCUT2D eigenvalue weighted by atomic mass is 10.1. The zero-order chi connectivity index (χ0) is 20.1. The van der Waals surface area contributed by atoms with Crippen molar-refractivity contribution in [3.8, 4) is 0 Å². The van der Waals surface area contributed by atoms with E-state index in [1.165, 1.54) is 61.5 Å². The van der Waals surface area contributed by atoms with Crippen molar-refractivity contribution in [1.29, 1.82) is 0 Å². The summed E-state index contributed by atoms with van der Waals surface area (Å²) in [5.74, 6) is -0.409. The lowest BCUT2D eigenvalue weighted by Crippen LogP contribution is -2.29. The maximum absolute atomic E-state index is 13.0. The summed E-state index contributed by atoms with van der Waals surface area (Å²) in [5.41, 5.74) is 2.78. The molecule has 1 saturated heterocycles. The number of carbonyl (C=O) groups is 1. The maximum atomic E-state index is 13.0. The Kier molecular flexibility index (Phi) is 5.65. The number of nitrogens with zero attached hydrogens (tertiary/aromatic N) is 3. The topological polar surface area (TPSA) is 70.2 Å². The molecule has 1 fully saturated rings. The molecule has 0 atom stereocenters. The van der Waals surface area contributed by atoms with Gasteiger partial charge in [0.2, 0.25) is 5.95 Å². The largest absolute Gasteiger partial charge is 0.372 e. The Labute approximate surface area is 168 Å². The van der Waals surface area contributed by atoms with Gasteiger partial charge in [0.1, 0.15) is 11.5 Å². The Balaban J connectivity index is 1.41. The molecule has 0 radical (unpaired) electrons. The van der Waals surface area contributed by atoms with Crippen LogP contribution in [-0.4, -0.2) is 29.0 Å². The fourth-order valence-electron chi connectivity index (χ4n) is 3.31. The van der Waals surface area contributed by atoms with Gasteiger partial charge in [-0.2, -0.15) is 0 Å². The van der Waals surface area contributed by atoms with Crippen molar-refractivity contribution < 1.29 is 9.18 Å². The predicted octanol–water partition coefficient (Wildman–Crippen LogP) is 4.60. The van der Waals surface area contributed by atoms with E-state index in [1.54, 1.807) is 0 Å². The smallest absolute Gasteiger partial charge is 0.274 e. The molecule has 0 unspecified atom stereocenters. The van der Waals surface area contributed by atoms with Gasteiger partial charge in [-0.15, -0.1) is 0 Å². The molecular formula is C22H22FN5O. The third-order valence-corrected chi connectivity index (χ3v) is 4.83. The van der Waals surface area contributed by atoms with Crippen LogP contribution in [0.5, 0.6) is 0 Å². The molecule has 1 aromatic heterocycles. The first kappa shape index (κ1) is 18.9. The van der Waals surface area contributed by atoms with Crippen LogP contribution in [0, 0.1) is 5.82 Å². The molecule has 1 aliphatic heterocycles. The predicted molar refractivity (Wildman–Crippen MR) is 112 cm³/mol. The van der Waals surface area contributed by atoms with Crippen LogP contribution in [0.2, 0.25) is 0 Å². The number of carbonyl (C=O) groups excluding carboxylic acids is 1. The van der Waals surface area contributed by atoms with Gasteiger partial charge in [-0.05, 0) is 73.9 Å². The normalized spacial score (nSPS) is 13.8. The highest BCUT2D eigenvalue weighted by atomic mass is 19.1. The van der Waals surface area contributed by atoms with E-state index in [2.05, 4.69) is 37.6 Å². The molecule has 7 heteroatoms. The SMILES string of the molecule is O=C(Nc1ccc(F)cc1)c1ccnc(Nc2ccc(N3CCCCC3)cc2)n1. The average molecular weight is 391 g/mol. The Morgan fingerprint density at radius 1 is 0.897 bits per heavy atom. The molecular weight excluding hydrogens is 369 g/mol. The molecule has 1 aliphatic rings. The number of rotatable bonds is 5. The number of hydrogen-bond donors (Lipinski definition) is 2. The molecule has 1 amide bonds. The third kappa shape index (κ3) is 4.87. The molecule has 3 aromatic rings. The molecule has 0 aliphatic carbocycles. The summed E-state index contributed by atoms with van der Waals surface area (Å²) in [6, 6.07) is 15.2. The second kappa shape index (κ2) is 8.68. The van der Waals surface area contributed by atoms with Crippen LogP contribution in [0.15, 0.2) is 60.8 Å². The lowest BCUT2D eigenvalue weighted by molar-refractivity contribution is 0.102. The standard InChI is InChI=1S/C22H22FN5O/c23-16-4-6-17(7-5-16)25-21(29)20-12-13-24-22(27-20)26-18-8-10-19(11-9-18)28-14-2-1-3-15-28/h4-13H,1-3,14-15H2,(H,25,29)(H,24,26,27). The number of aromatic nitrogens is 2. The summed E-state index contributed by atoms with van der Waals surface area (Å²) < 4.78 is 13.0. The number of amides is 1. The van der Waals surface area contributed by atoms with Crippen LogP contribution >= 0.6 is 0 Å². The van der Waals surface area contributed by atoms with Gasteiger partial charge in [0.15, 0.2) is 0 Å². The van der Waals surface area contributed by atoms with Crippen molar-refractivity contribution in [3.63, 3.8) is 0 Å². The number of anilines is 4. The lowest BCUT2D eigenvalue weighted by Gasteiger charge is -2.28. The van der Waals surface area contributed by atoms with E-state index in [0.717, 1.165) is 18.8 Å². The van der Waals surface area contributed by atoms with E-state index in [0.29, 0.717) is 11.6 Å². The second-order valence-corrected chi connectivity index (χ2v) is 6.95. The first-order valence-electron chi connectivity index (χ1n) is 9.69. The number of halogens is 1. The minimum Gasteiger partial charge on any atom is -0.372 e. The van der Waals surface area contributed by atoms with Crippen molar-refractivity contribution in [3.05, 3.63) is 72.3 Å². The monoisotopic (exact) mass is 391 g/mol. The van der Waals surface area contributed by atoms with E-state index in [-0.39, 0.29) is 17.4 Å². The van der Waals surface area contributed by atoms with E-state index in [4.69, 9.17) is 0 Å². The van der Waals surface area contributed by atoms with Gasteiger partial charge in [0, 0.05) is 36.3 Å². The van der Waals surface area contributed by atoms with Gasteiger partial charge in [0.05, 0.1) is 0 Å². The first-order valence-corrected chi connectivity index (χ1v) is 9.69. The Hall–Kier alpha value is -3.48. The Morgan fingerprint density at radius 3 is 2.31 bits per heavy atom. The van der Waals surface area contributed by atoms with Crippen LogP contribution < -0.4 is 15.5 Å². The van der Waals surface area contributed by atoms with Crippen LogP contribution in [0.25, 0.3) is 0 Å². The van der Waals surface area contributed by atoms with E-state index >= 15 is 0 Å². The van der Waals surface area contributed by atoms with Crippen molar-refractivity contribution in [1.82, 2.24) is 9.97 Å². The third-order valence-electron chi connectivity index (χ3n) is 4.83. The summed E-state index contributed by atoms with van der Waals surface area (Å²) in [4.78, 5) is 23.2. The summed E-state index contributed by atoms with van der Waals surface area (Å²) in [5, 5.41) is 5.82.